The second-order valence-electron chi connectivity index (χ2n) is 7.40. The number of urea groups is 1. The molecule has 2 aliphatic rings. The summed E-state index contributed by atoms with van der Waals surface area (Å²) >= 11 is 0. The van der Waals surface area contributed by atoms with Crippen LogP contribution in [-0.4, -0.2) is 52.7 Å². The first-order chi connectivity index (χ1) is 13.4. The van der Waals surface area contributed by atoms with Crippen molar-refractivity contribution in [2.75, 3.05) is 13.1 Å². The summed E-state index contributed by atoms with van der Waals surface area (Å²) in [5, 5.41) is 2.62. The molecule has 0 bridgehead atoms. The molecule has 5 amide bonds. The van der Waals surface area contributed by atoms with Gasteiger partial charge in [-0.05, 0) is 42.9 Å². The van der Waals surface area contributed by atoms with Crippen molar-refractivity contribution < 1.29 is 23.6 Å². The van der Waals surface area contributed by atoms with Crippen molar-refractivity contribution in [2.45, 2.75) is 45.1 Å². The van der Waals surface area contributed by atoms with Gasteiger partial charge in [0.15, 0.2) is 0 Å². The number of hydrogen-bond acceptors (Lipinski definition) is 4. The summed E-state index contributed by atoms with van der Waals surface area (Å²) in [6.45, 7) is 1.77. The normalized spacial score (nSPS) is 22.7. The van der Waals surface area contributed by atoms with Crippen LogP contribution in [0.2, 0.25) is 0 Å². The Bertz CT molecular complexity index is 780. The lowest BCUT2D eigenvalue weighted by molar-refractivity contribution is -0.145. The fourth-order valence-electron chi connectivity index (χ4n) is 3.83. The van der Waals surface area contributed by atoms with Gasteiger partial charge in [-0.1, -0.05) is 31.9 Å². The van der Waals surface area contributed by atoms with E-state index in [1.807, 2.05) is 6.92 Å². The number of amides is 5. The molecule has 1 aliphatic heterocycles. The number of carbonyl (C=O) groups excluding carboxylic acids is 4. The van der Waals surface area contributed by atoms with E-state index in [9.17, 15) is 23.6 Å². The minimum Gasteiger partial charge on any atom is -0.354 e. The molecule has 0 aromatic heterocycles. The highest BCUT2D eigenvalue weighted by Gasteiger charge is 2.49. The van der Waals surface area contributed by atoms with Gasteiger partial charge in [0, 0.05) is 12.6 Å². The Morgan fingerprint density at radius 3 is 2.46 bits per heavy atom. The molecule has 1 saturated heterocycles. The van der Waals surface area contributed by atoms with Gasteiger partial charge in [-0.25, -0.2) is 14.1 Å². The number of imide groups is 2. The maximum atomic E-state index is 12.9. The number of rotatable bonds is 6. The number of carbonyl (C=O) groups is 4. The van der Waals surface area contributed by atoms with Gasteiger partial charge >= 0.3 is 17.8 Å². The van der Waals surface area contributed by atoms with Gasteiger partial charge in [-0.15, -0.1) is 0 Å². The average molecular weight is 389 g/mol. The quantitative estimate of drug-likeness (QED) is 0.594. The van der Waals surface area contributed by atoms with Crippen LogP contribution in [0.3, 0.4) is 0 Å². The van der Waals surface area contributed by atoms with Crippen LogP contribution < -0.4 is 5.32 Å². The van der Waals surface area contributed by atoms with Crippen LogP contribution in [0.4, 0.5) is 9.18 Å². The monoisotopic (exact) mass is 389 g/mol. The third kappa shape index (κ3) is 4.21. The summed E-state index contributed by atoms with van der Waals surface area (Å²) < 4.78 is 12.9. The second kappa shape index (κ2) is 8.50. The molecule has 1 heterocycles. The molecule has 1 aromatic rings. The van der Waals surface area contributed by atoms with Crippen LogP contribution in [0, 0.1) is 11.7 Å². The van der Waals surface area contributed by atoms with E-state index in [1.54, 1.807) is 12.1 Å². The van der Waals surface area contributed by atoms with E-state index >= 15 is 0 Å². The molecular formula is C20H24FN3O4. The second-order valence-corrected chi connectivity index (χ2v) is 7.40. The number of hydrogen-bond donors (Lipinski definition) is 1. The van der Waals surface area contributed by atoms with E-state index in [-0.39, 0.29) is 24.3 Å². The number of nitrogens with zero attached hydrogens (tertiary/aromatic N) is 2. The highest BCUT2D eigenvalue weighted by atomic mass is 19.1. The smallest absolute Gasteiger partial charge is 0.334 e. The van der Waals surface area contributed by atoms with Gasteiger partial charge in [0.2, 0.25) is 5.91 Å². The third-order valence-corrected chi connectivity index (χ3v) is 5.43. The van der Waals surface area contributed by atoms with Crippen LogP contribution in [-0.2, 0) is 20.8 Å². The van der Waals surface area contributed by atoms with Crippen LogP contribution in [0.25, 0.3) is 0 Å². The van der Waals surface area contributed by atoms with Crippen molar-refractivity contribution in [1.82, 2.24) is 15.1 Å². The number of benzene rings is 1. The van der Waals surface area contributed by atoms with E-state index in [2.05, 4.69) is 5.32 Å². The Morgan fingerprint density at radius 2 is 1.79 bits per heavy atom. The van der Waals surface area contributed by atoms with Crippen LogP contribution >= 0.6 is 0 Å². The van der Waals surface area contributed by atoms with Crippen LogP contribution in [0.1, 0.15) is 38.2 Å². The van der Waals surface area contributed by atoms with Gasteiger partial charge in [0.05, 0.1) is 0 Å². The zero-order valence-electron chi connectivity index (χ0n) is 15.8. The van der Waals surface area contributed by atoms with E-state index < -0.39 is 30.3 Å². The lowest BCUT2D eigenvalue weighted by Crippen LogP contribution is -2.47. The molecule has 2 atom stereocenters. The van der Waals surface area contributed by atoms with Crippen molar-refractivity contribution in [3.05, 3.63) is 35.6 Å². The Balaban J connectivity index is 1.55. The lowest BCUT2D eigenvalue weighted by Gasteiger charge is -2.34. The number of nitrogens with one attached hydrogen (secondary N) is 1. The molecule has 150 valence electrons. The minimum atomic E-state index is -0.948. The van der Waals surface area contributed by atoms with Gasteiger partial charge in [-0.3, -0.25) is 19.3 Å². The maximum Gasteiger partial charge on any atom is 0.334 e. The van der Waals surface area contributed by atoms with Gasteiger partial charge in [0.25, 0.3) is 0 Å². The molecule has 3 rings (SSSR count). The van der Waals surface area contributed by atoms with Crippen molar-refractivity contribution in [2.24, 2.45) is 5.92 Å². The topological polar surface area (TPSA) is 86.8 Å². The summed E-state index contributed by atoms with van der Waals surface area (Å²) in [7, 11) is 0. The molecule has 28 heavy (non-hydrogen) atoms. The molecule has 7 nitrogen and oxygen atoms in total. The average Bonchev–Trinajstić information content (AvgIpc) is 2.87. The molecule has 2 fully saturated rings. The highest BCUT2D eigenvalue weighted by molar-refractivity contribution is 6.45. The summed E-state index contributed by atoms with van der Waals surface area (Å²) in [4.78, 5) is 51.1. The first kappa shape index (κ1) is 20.0. The van der Waals surface area contributed by atoms with Crippen LogP contribution in [0.5, 0.6) is 0 Å². The van der Waals surface area contributed by atoms with Gasteiger partial charge in [0.1, 0.15) is 12.4 Å². The SMILES string of the molecule is C[C@H]1CCCC[C@H]1N1C(=O)C(=O)N(CC(=O)NCCc2ccc(F)cc2)C1=O. The van der Waals surface area contributed by atoms with Crippen molar-refractivity contribution in [3.8, 4) is 0 Å². The fraction of sp³-hybridized carbons (Fsp3) is 0.500. The molecule has 0 spiro atoms. The van der Waals surface area contributed by atoms with Crippen molar-refractivity contribution >= 4 is 23.8 Å². The largest absolute Gasteiger partial charge is 0.354 e. The van der Waals surface area contributed by atoms with E-state index in [1.165, 1.54) is 12.1 Å². The molecule has 8 heteroatoms. The molecule has 1 aliphatic carbocycles. The standard InChI is InChI=1S/C20H24FN3O4/c1-13-4-2-3-5-16(13)24-19(27)18(26)23(20(24)28)12-17(25)22-11-10-14-6-8-15(21)9-7-14/h6-9,13,16H,2-5,10-12H2,1H3,(H,22,25)/t13-,16+/m0/s1. The minimum absolute atomic E-state index is 0.138. The van der Waals surface area contributed by atoms with Gasteiger partial charge in [-0.2, -0.15) is 0 Å². The zero-order chi connectivity index (χ0) is 20.3. The molecular weight excluding hydrogens is 365 g/mol. The van der Waals surface area contributed by atoms with Crippen molar-refractivity contribution in [1.29, 1.82) is 0 Å². The first-order valence-corrected chi connectivity index (χ1v) is 9.58. The van der Waals surface area contributed by atoms with E-state index in [0.717, 1.165) is 34.6 Å². The summed E-state index contributed by atoms with van der Waals surface area (Å²) in [6.07, 6.45) is 4.02. The van der Waals surface area contributed by atoms with E-state index in [4.69, 9.17) is 0 Å². The summed E-state index contributed by atoms with van der Waals surface area (Å²) in [5.41, 5.74) is 0.850. The maximum absolute atomic E-state index is 12.9. The fourth-order valence-corrected chi connectivity index (χ4v) is 3.83. The molecule has 1 N–H and O–H groups in total. The Hall–Kier alpha value is -2.77. The van der Waals surface area contributed by atoms with Gasteiger partial charge < -0.3 is 5.32 Å². The predicted molar refractivity (Wildman–Crippen MR) is 98.5 cm³/mol. The molecule has 1 saturated carbocycles. The predicted octanol–water partition coefficient (Wildman–Crippen LogP) is 1.85. The van der Waals surface area contributed by atoms with E-state index in [0.29, 0.717) is 12.8 Å². The summed E-state index contributed by atoms with van der Waals surface area (Å²) in [6, 6.07) is 4.93. The van der Waals surface area contributed by atoms with Crippen LogP contribution in [0.15, 0.2) is 24.3 Å². The molecule has 1 aromatic carbocycles. The Morgan fingerprint density at radius 1 is 1.11 bits per heavy atom. The highest BCUT2D eigenvalue weighted by Crippen LogP contribution is 2.31. The molecule has 0 radical (unpaired) electrons. The first-order valence-electron chi connectivity index (χ1n) is 9.58. The summed E-state index contributed by atoms with van der Waals surface area (Å²) in [5.74, 6) is -2.51. The van der Waals surface area contributed by atoms with Crippen molar-refractivity contribution in [3.63, 3.8) is 0 Å². The zero-order valence-corrected chi connectivity index (χ0v) is 15.8. The third-order valence-electron chi connectivity index (χ3n) is 5.43. The number of halogens is 1. The lowest BCUT2D eigenvalue weighted by atomic mass is 9.85. The Labute approximate surface area is 162 Å². The molecule has 0 unspecified atom stereocenters. The Kier molecular flexibility index (Phi) is 6.06.